The van der Waals surface area contributed by atoms with Crippen molar-refractivity contribution in [3.8, 4) is 5.75 Å². The van der Waals surface area contributed by atoms with Gasteiger partial charge in [0.1, 0.15) is 11.4 Å². The van der Waals surface area contributed by atoms with E-state index >= 15 is 0 Å². The Kier molecular flexibility index (Phi) is 4.77. The Morgan fingerprint density at radius 2 is 1.81 bits per heavy atom. The number of urea groups is 1. The smallest absolute Gasteiger partial charge is 0.317 e. The van der Waals surface area contributed by atoms with Crippen molar-refractivity contribution in [2.45, 2.75) is 37.8 Å². The molecule has 0 radical (unpaired) electrons. The van der Waals surface area contributed by atoms with Gasteiger partial charge in [-0.3, -0.25) is 0 Å². The normalized spacial score (nSPS) is 18.1. The van der Waals surface area contributed by atoms with E-state index in [0.717, 1.165) is 50.1 Å². The number of carbonyl (C=O) groups is 1. The van der Waals surface area contributed by atoms with Crippen molar-refractivity contribution in [3.05, 3.63) is 64.7 Å². The van der Waals surface area contributed by atoms with Gasteiger partial charge in [0.2, 0.25) is 0 Å². The summed E-state index contributed by atoms with van der Waals surface area (Å²) >= 11 is 5.89. The molecule has 0 atom stereocenters. The molecule has 5 heteroatoms. The fourth-order valence-corrected chi connectivity index (χ4v) is 3.94. The van der Waals surface area contributed by atoms with Gasteiger partial charge in [-0.15, -0.1) is 0 Å². The Bertz CT molecular complexity index is 783. The molecule has 1 saturated heterocycles. The van der Waals surface area contributed by atoms with Gasteiger partial charge < -0.3 is 15.0 Å². The van der Waals surface area contributed by atoms with Crippen molar-refractivity contribution in [1.82, 2.24) is 10.2 Å². The molecule has 2 aliphatic heterocycles. The molecule has 0 saturated carbocycles. The van der Waals surface area contributed by atoms with E-state index in [1.54, 1.807) is 0 Å². The Balaban J connectivity index is 1.31. The molecule has 136 valence electrons. The SMILES string of the molecule is O=C(NCc1ccc(Cl)cc1)N1CCC2(CCc3ccccc3O2)CC1. The largest absolute Gasteiger partial charge is 0.487 e. The quantitative estimate of drug-likeness (QED) is 0.850. The van der Waals surface area contributed by atoms with E-state index in [1.807, 2.05) is 35.2 Å². The number of nitrogens with zero attached hydrogens (tertiary/aromatic N) is 1. The number of piperidine rings is 1. The van der Waals surface area contributed by atoms with Crippen LogP contribution in [0.3, 0.4) is 0 Å². The predicted molar refractivity (Wildman–Crippen MR) is 103 cm³/mol. The maximum absolute atomic E-state index is 12.5. The summed E-state index contributed by atoms with van der Waals surface area (Å²) in [6.45, 7) is 1.98. The summed E-state index contributed by atoms with van der Waals surface area (Å²) in [7, 11) is 0. The van der Waals surface area contributed by atoms with Gasteiger partial charge in [0.25, 0.3) is 0 Å². The minimum atomic E-state index is -0.110. The van der Waals surface area contributed by atoms with Gasteiger partial charge >= 0.3 is 6.03 Å². The van der Waals surface area contributed by atoms with Gasteiger partial charge in [-0.1, -0.05) is 41.9 Å². The van der Waals surface area contributed by atoms with Gasteiger partial charge in [0.15, 0.2) is 0 Å². The number of hydrogen-bond donors (Lipinski definition) is 1. The van der Waals surface area contributed by atoms with Gasteiger partial charge in [-0.2, -0.15) is 0 Å². The van der Waals surface area contributed by atoms with Crippen molar-refractivity contribution < 1.29 is 9.53 Å². The number of benzene rings is 2. The number of fused-ring (bicyclic) bond motifs is 1. The standard InChI is InChI=1S/C21H23ClN2O2/c22-18-7-5-16(6-8-18)15-23-20(25)24-13-11-21(12-14-24)10-9-17-3-1-2-4-19(17)26-21/h1-8H,9-15H2,(H,23,25). The number of ether oxygens (including phenoxy) is 1. The van der Waals surface area contributed by atoms with Crippen LogP contribution >= 0.6 is 11.6 Å². The molecular weight excluding hydrogens is 348 g/mol. The zero-order valence-electron chi connectivity index (χ0n) is 14.7. The second-order valence-electron chi connectivity index (χ2n) is 7.17. The molecule has 2 amide bonds. The number of rotatable bonds is 2. The lowest BCUT2D eigenvalue weighted by atomic mass is 9.83. The second-order valence-corrected chi connectivity index (χ2v) is 7.60. The van der Waals surface area contributed by atoms with E-state index < -0.39 is 0 Å². The number of likely N-dealkylation sites (tertiary alicyclic amines) is 1. The first-order valence-corrected chi connectivity index (χ1v) is 9.56. The highest BCUT2D eigenvalue weighted by Gasteiger charge is 2.40. The number of amides is 2. The molecule has 0 unspecified atom stereocenters. The third-order valence-electron chi connectivity index (χ3n) is 5.47. The molecule has 2 heterocycles. The first-order valence-electron chi connectivity index (χ1n) is 9.18. The molecule has 0 aromatic heterocycles. The van der Waals surface area contributed by atoms with E-state index in [4.69, 9.17) is 16.3 Å². The minimum absolute atomic E-state index is 0.00832. The van der Waals surface area contributed by atoms with Crippen LogP contribution in [-0.4, -0.2) is 29.6 Å². The molecule has 1 spiro atoms. The van der Waals surface area contributed by atoms with Crippen molar-refractivity contribution in [3.63, 3.8) is 0 Å². The van der Waals surface area contributed by atoms with Gasteiger partial charge in [0.05, 0.1) is 0 Å². The van der Waals surface area contributed by atoms with Crippen molar-refractivity contribution >= 4 is 17.6 Å². The molecule has 26 heavy (non-hydrogen) atoms. The number of nitrogens with one attached hydrogen (secondary N) is 1. The summed E-state index contributed by atoms with van der Waals surface area (Å²) in [5, 5.41) is 3.70. The predicted octanol–water partition coefficient (Wildman–Crippen LogP) is 4.41. The summed E-state index contributed by atoms with van der Waals surface area (Å²) in [5.41, 5.74) is 2.23. The lowest BCUT2D eigenvalue weighted by Crippen LogP contribution is -2.53. The maximum atomic E-state index is 12.5. The van der Waals surface area contributed by atoms with Crippen molar-refractivity contribution in [2.24, 2.45) is 0 Å². The minimum Gasteiger partial charge on any atom is -0.487 e. The molecule has 4 nitrogen and oxygen atoms in total. The van der Waals surface area contributed by atoms with Crippen LogP contribution in [0.2, 0.25) is 5.02 Å². The Morgan fingerprint density at radius 3 is 2.58 bits per heavy atom. The number of halogens is 1. The maximum Gasteiger partial charge on any atom is 0.317 e. The zero-order valence-corrected chi connectivity index (χ0v) is 15.5. The lowest BCUT2D eigenvalue weighted by molar-refractivity contribution is -0.00553. The summed E-state index contributed by atoms with van der Waals surface area (Å²) in [6, 6.07) is 15.8. The number of aryl methyl sites for hydroxylation is 1. The fourth-order valence-electron chi connectivity index (χ4n) is 3.82. The third-order valence-corrected chi connectivity index (χ3v) is 5.72. The van der Waals surface area contributed by atoms with Crippen LogP contribution in [-0.2, 0) is 13.0 Å². The van der Waals surface area contributed by atoms with Gasteiger partial charge in [-0.25, -0.2) is 4.79 Å². The summed E-state index contributed by atoms with van der Waals surface area (Å²) in [6.07, 6.45) is 3.86. The lowest BCUT2D eigenvalue weighted by Gasteiger charge is -2.44. The third kappa shape index (κ3) is 3.65. The van der Waals surface area contributed by atoms with Crippen LogP contribution in [0.15, 0.2) is 48.5 Å². The number of para-hydroxylation sites is 1. The van der Waals surface area contributed by atoms with E-state index in [0.29, 0.717) is 11.6 Å². The monoisotopic (exact) mass is 370 g/mol. The zero-order chi connectivity index (χ0) is 18.0. The first kappa shape index (κ1) is 17.2. The molecule has 1 N–H and O–H groups in total. The van der Waals surface area contributed by atoms with Crippen LogP contribution in [0, 0.1) is 0 Å². The Labute approximate surface area is 159 Å². The highest BCUT2D eigenvalue weighted by Crippen LogP contribution is 2.39. The average molecular weight is 371 g/mol. The topological polar surface area (TPSA) is 41.6 Å². The van der Waals surface area contributed by atoms with E-state index in [-0.39, 0.29) is 11.6 Å². The molecule has 2 aliphatic rings. The van der Waals surface area contributed by atoms with Crippen LogP contribution < -0.4 is 10.1 Å². The fraction of sp³-hybridized carbons (Fsp3) is 0.381. The van der Waals surface area contributed by atoms with Crippen LogP contribution in [0.4, 0.5) is 4.79 Å². The molecule has 1 fully saturated rings. The summed E-state index contributed by atoms with van der Waals surface area (Å²) in [4.78, 5) is 14.3. The highest BCUT2D eigenvalue weighted by atomic mass is 35.5. The second kappa shape index (κ2) is 7.20. The summed E-state index contributed by atoms with van der Waals surface area (Å²) < 4.78 is 6.36. The molecule has 0 bridgehead atoms. The van der Waals surface area contributed by atoms with E-state index in [2.05, 4.69) is 23.5 Å². The Hall–Kier alpha value is -2.20. The molecule has 0 aliphatic carbocycles. The van der Waals surface area contributed by atoms with E-state index in [1.165, 1.54) is 5.56 Å². The van der Waals surface area contributed by atoms with Crippen LogP contribution in [0.5, 0.6) is 5.75 Å². The highest BCUT2D eigenvalue weighted by molar-refractivity contribution is 6.30. The summed E-state index contributed by atoms with van der Waals surface area (Å²) in [5.74, 6) is 1.01. The van der Waals surface area contributed by atoms with Crippen molar-refractivity contribution in [1.29, 1.82) is 0 Å². The molecule has 2 aromatic carbocycles. The van der Waals surface area contributed by atoms with Crippen LogP contribution in [0.25, 0.3) is 0 Å². The van der Waals surface area contributed by atoms with Gasteiger partial charge in [-0.05, 0) is 42.2 Å². The first-order chi connectivity index (χ1) is 12.6. The Morgan fingerprint density at radius 1 is 1.08 bits per heavy atom. The van der Waals surface area contributed by atoms with Gasteiger partial charge in [0, 0.05) is 37.5 Å². The number of hydrogen-bond acceptors (Lipinski definition) is 2. The van der Waals surface area contributed by atoms with Crippen LogP contribution in [0.1, 0.15) is 30.4 Å². The molecular formula is C21H23ClN2O2. The van der Waals surface area contributed by atoms with E-state index in [9.17, 15) is 4.79 Å². The molecule has 4 rings (SSSR count). The molecule has 2 aromatic rings. The average Bonchev–Trinajstić information content (AvgIpc) is 2.68. The van der Waals surface area contributed by atoms with Crippen molar-refractivity contribution in [2.75, 3.05) is 13.1 Å². The number of carbonyl (C=O) groups excluding carboxylic acids is 1.